The van der Waals surface area contributed by atoms with E-state index in [4.69, 9.17) is 4.74 Å². The van der Waals surface area contributed by atoms with Gasteiger partial charge in [-0.25, -0.2) is 0 Å². The SMILES string of the molecule is C=CCOc1ccccc1/C=C1\SC(=O)N(Cc2ccccc2)C1=O. The molecule has 126 valence electrons. The Morgan fingerprint density at radius 2 is 1.76 bits per heavy atom. The number of para-hydroxylation sites is 1. The minimum atomic E-state index is -0.280. The van der Waals surface area contributed by atoms with E-state index in [2.05, 4.69) is 6.58 Å². The standard InChI is InChI=1S/C20H17NO3S/c1-2-12-24-17-11-7-6-10-16(17)13-18-19(22)21(20(23)25-18)14-15-8-4-3-5-9-15/h2-11,13H,1,12,14H2/b18-13-. The zero-order valence-corrected chi connectivity index (χ0v) is 14.4. The number of imide groups is 1. The quantitative estimate of drug-likeness (QED) is 0.568. The van der Waals surface area contributed by atoms with E-state index in [0.717, 1.165) is 22.9 Å². The lowest BCUT2D eigenvalue weighted by molar-refractivity contribution is -0.123. The Hall–Kier alpha value is -2.79. The summed E-state index contributed by atoms with van der Waals surface area (Å²) in [7, 11) is 0. The van der Waals surface area contributed by atoms with Crippen LogP contribution in [0.25, 0.3) is 6.08 Å². The Morgan fingerprint density at radius 3 is 2.52 bits per heavy atom. The van der Waals surface area contributed by atoms with Gasteiger partial charge in [-0.2, -0.15) is 0 Å². The van der Waals surface area contributed by atoms with E-state index in [0.29, 0.717) is 17.3 Å². The van der Waals surface area contributed by atoms with Crippen LogP contribution in [0.3, 0.4) is 0 Å². The lowest BCUT2D eigenvalue weighted by Crippen LogP contribution is -2.27. The molecular weight excluding hydrogens is 334 g/mol. The Morgan fingerprint density at radius 1 is 1.04 bits per heavy atom. The molecule has 0 N–H and O–H groups in total. The molecule has 5 heteroatoms. The fraction of sp³-hybridized carbons (Fsp3) is 0.100. The molecule has 2 aromatic rings. The molecule has 0 radical (unpaired) electrons. The zero-order valence-electron chi connectivity index (χ0n) is 13.6. The number of carbonyl (C=O) groups is 2. The van der Waals surface area contributed by atoms with E-state index in [1.807, 2.05) is 54.6 Å². The first-order valence-electron chi connectivity index (χ1n) is 7.81. The summed E-state index contributed by atoms with van der Waals surface area (Å²) in [6.45, 7) is 4.28. The van der Waals surface area contributed by atoms with Gasteiger partial charge >= 0.3 is 0 Å². The molecule has 0 bridgehead atoms. The lowest BCUT2D eigenvalue weighted by Gasteiger charge is -2.12. The van der Waals surface area contributed by atoms with Gasteiger partial charge in [0, 0.05) is 5.56 Å². The third kappa shape index (κ3) is 4.00. The van der Waals surface area contributed by atoms with Crippen molar-refractivity contribution in [2.24, 2.45) is 0 Å². The van der Waals surface area contributed by atoms with E-state index in [9.17, 15) is 9.59 Å². The van der Waals surface area contributed by atoms with Crippen molar-refractivity contribution in [3.05, 3.63) is 83.3 Å². The Kier molecular flexibility index (Phi) is 5.36. The zero-order chi connectivity index (χ0) is 17.6. The van der Waals surface area contributed by atoms with Gasteiger partial charge in [0.25, 0.3) is 11.1 Å². The van der Waals surface area contributed by atoms with Crippen molar-refractivity contribution in [2.45, 2.75) is 6.54 Å². The first kappa shape index (κ1) is 17.0. The van der Waals surface area contributed by atoms with Crippen LogP contribution in [0.2, 0.25) is 0 Å². The highest BCUT2D eigenvalue weighted by Crippen LogP contribution is 2.34. The Balaban J connectivity index is 1.82. The molecule has 1 aliphatic rings. The van der Waals surface area contributed by atoms with Gasteiger partial charge in [-0.05, 0) is 29.5 Å². The molecule has 0 spiro atoms. The van der Waals surface area contributed by atoms with Gasteiger partial charge in [0.1, 0.15) is 12.4 Å². The molecule has 25 heavy (non-hydrogen) atoms. The molecule has 2 amide bonds. The van der Waals surface area contributed by atoms with Gasteiger partial charge < -0.3 is 4.74 Å². The van der Waals surface area contributed by atoms with Crippen LogP contribution in [0.15, 0.2) is 72.2 Å². The maximum Gasteiger partial charge on any atom is 0.293 e. The summed E-state index contributed by atoms with van der Waals surface area (Å²) in [5.74, 6) is 0.370. The van der Waals surface area contributed by atoms with Crippen LogP contribution in [0, 0.1) is 0 Å². The molecule has 1 aliphatic heterocycles. The van der Waals surface area contributed by atoms with Gasteiger partial charge in [0.15, 0.2) is 0 Å². The van der Waals surface area contributed by atoms with E-state index < -0.39 is 0 Å². The first-order valence-corrected chi connectivity index (χ1v) is 8.62. The van der Waals surface area contributed by atoms with Crippen LogP contribution in [0.1, 0.15) is 11.1 Å². The molecule has 0 aliphatic carbocycles. The van der Waals surface area contributed by atoms with Crippen LogP contribution in [-0.4, -0.2) is 22.7 Å². The van der Waals surface area contributed by atoms with Crippen LogP contribution in [0.4, 0.5) is 4.79 Å². The fourth-order valence-corrected chi connectivity index (χ4v) is 3.25. The first-order chi connectivity index (χ1) is 12.2. The summed E-state index contributed by atoms with van der Waals surface area (Å²) >= 11 is 0.951. The second kappa shape index (κ2) is 7.85. The number of benzene rings is 2. The van der Waals surface area contributed by atoms with Crippen LogP contribution in [-0.2, 0) is 11.3 Å². The van der Waals surface area contributed by atoms with E-state index >= 15 is 0 Å². The summed E-state index contributed by atoms with van der Waals surface area (Å²) in [4.78, 5) is 26.5. The lowest BCUT2D eigenvalue weighted by atomic mass is 10.1. The summed E-state index contributed by atoms with van der Waals surface area (Å²) in [5, 5.41) is -0.260. The van der Waals surface area contributed by atoms with Gasteiger partial charge in [-0.3, -0.25) is 14.5 Å². The van der Waals surface area contributed by atoms with Crippen molar-refractivity contribution in [3.8, 4) is 5.75 Å². The molecule has 3 rings (SSSR count). The number of carbonyl (C=O) groups excluding carboxylic acids is 2. The number of thioether (sulfide) groups is 1. The molecule has 0 saturated carbocycles. The van der Waals surface area contributed by atoms with Crippen molar-refractivity contribution in [2.75, 3.05) is 6.61 Å². The summed E-state index contributed by atoms with van der Waals surface area (Å²) in [6, 6.07) is 16.9. The minimum Gasteiger partial charge on any atom is -0.489 e. The number of hydrogen-bond donors (Lipinski definition) is 0. The van der Waals surface area contributed by atoms with Crippen molar-refractivity contribution < 1.29 is 14.3 Å². The van der Waals surface area contributed by atoms with Crippen molar-refractivity contribution in [1.29, 1.82) is 0 Å². The van der Waals surface area contributed by atoms with Crippen LogP contribution >= 0.6 is 11.8 Å². The van der Waals surface area contributed by atoms with E-state index in [1.165, 1.54) is 4.90 Å². The van der Waals surface area contributed by atoms with Gasteiger partial charge in [-0.1, -0.05) is 61.2 Å². The van der Waals surface area contributed by atoms with E-state index in [1.54, 1.807) is 12.2 Å². The number of rotatable bonds is 6. The summed E-state index contributed by atoms with van der Waals surface area (Å²) in [5.41, 5.74) is 1.68. The Bertz CT molecular complexity index is 830. The highest BCUT2D eigenvalue weighted by molar-refractivity contribution is 8.18. The molecule has 0 unspecified atom stereocenters. The highest BCUT2D eigenvalue weighted by atomic mass is 32.2. The number of amides is 2. The normalized spacial score (nSPS) is 15.7. The fourth-order valence-electron chi connectivity index (χ4n) is 2.42. The van der Waals surface area contributed by atoms with Crippen molar-refractivity contribution in [1.82, 2.24) is 4.90 Å². The second-order valence-electron chi connectivity index (χ2n) is 5.39. The van der Waals surface area contributed by atoms with Crippen molar-refractivity contribution >= 4 is 29.0 Å². The van der Waals surface area contributed by atoms with Crippen molar-refractivity contribution in [3.63, 3.8) is 0 Å². The van der Waals surface area contributed by atoms with Gasteiger partial charge in [0.05, 0.1) is 11.4 Å². The van der Waals surface area contributed by atoms with Gasteiger partial charge in [0.2, 0.25) is 0 Å². The smallest absolute Gasteiger partial charge is 0.293 e. The third-order valence-corrected chi connectivity index (χ3v) is 4.53. The average molecular weight is 351 g/mol. The van der Waals surface area contributed by atoms with E-state index in [-0.39, 0.29) is 17.7 Å². The molecular formula is C20H17NO3S. The molecule has 0 atom stereocenters. The maximum atomic E-state index is 12.6. The molecule has 2 aromatic carbocycles. The second-order valence-corrected chi connectivity index (χ2v) is 6.38. The molecule has 4 nitrogen and oxygen atoms in total. The number of hydrogen-bond acceptors (Lipinski definition) is 4. The summed E-state index contributed by atoms with van der Waals surface area (Å²) in [6.07, 6.45) is 3.36. The maximum absolute atomic E-state index is 12.6. The predicted octanol–water partition coefficient (Wildman–Crippen LogP) is 4.49. The number of nitrogens with zero attached hydrogens (tertiary/aromatic N) is 1. The largest absolute Gasteiger partial charge is 0.489 e. The topological polar surface area (TPSA) is 46.6 Å². The molecule has 1 saturated heterocycles. The summed E-state index contributed by atoms with van der Waals surface area (Å²) < 4.78 is 5.60. The third-order valence-electron chi connectivity index (χ3n) is 3.62. The predicted molar refractivity (Wildman–Crippen MR) is 100 cm³/mol. The average Bonchev–Trinajstić information content (AvgIpc) is 2.89. The highest BCUT2D eigenvalue weighted by Gasteiger charge is 2.35. The molecule has 1 heterocycles. The minimum absolute atomic E-state index is 0.260. The van der Waals surface area contributed by atoms with Crippen LogP contribution in [0.5, 0.6) is 5.75 Å². The molecule has 0 aromatic heterocycles. The number of ether oxygens (including phenoxy) is 1. The Labute approximate surface area is 150 Å². The molecule has 1 fully saturated rings. The van der Waals surface area contributed by atoms with Crippen LogP contribution < -0.4 is 4.74 Å². The monoisotopic (exact) mass is 351 g/mol. The van der Waals surface area contributed by atoms with Gasteiger partial charge in [-0.15, -0.1) is 0 Å².